The van der Waals surface area contributed by atoms with Gasteiger partial charge in [0.05, 0.1) is 21.6 Å². The first-order chi connectivity index (χ1) is 14.5. The summed E-state index contributed by atoms with van der Waals surface area (Å²) >= 11 is 0. The lowest BCUT2D eigenvalue weighted by atomic mass is 10.1. The summed E-state index contributed by atoms with van der Waals surface area (Å²) in [6, 6.07) is 9.24. The molecule has 1 heterocycles. The number of carbonyl (C=O) groups is 1. The maximum Gasteiger partial charge on any atom is 0.322 e. The van der Waals surface area contributed by atoms with Crippen molar-refractivity contribution >= 4 is 23.0 Å². The summed E-state index contributed by atoms with van der Waals surface area (Å²) in [6.07, 6.45) is 0. The zero-order valence-corrected chi connectivity index (χ0v) is 17.2. The minimum atomic E-state index is -0.867. The van der Waals surface area contributed by atoms with E-state index >= 15 is 0 Å². The van der Waals surface area contributed by atoms with E-state index in [9.17, 15) is 25.0 Å². The van der Waals surface area contributed by atoms with Gasteiger partial charge in [0.15, 0.2) is 0 Å². The maximum absolute atomic E-state index is 12.6. The summed E-state index contributed by atoms with van der Waals surface area (Å²) in [4.78, 5) is 34.0. The van der Waals surface area contributed by atoms with Crippen LogP contribution in [0, 0.1) is 41.0 Å². The molecule has 2 aromatic carbocycles. The van der Waals surface area contributed by atoms with Gasteiger partial charge in [0.25, 0.3) is 11.6 Å². The molecule has 3 rings (SSSR count). The molecule has 0 bridgehead atoms. The molecule has 0 saturated heterocycles. The highest BCUT2D eigenvalue weighted by atomic mass is 16.6. The summed E-state index contributed by atoms with van der Waals surface area (Å²) in [7, 11) is 1.47. The van der Waals surface area contributed by atoms with Crippen LogP contribution in [0.3, 0.4) is 0 Å². The predicted molar refractivity (Wildman–Crippen MR) is 112 cm³/mol. The van der Waals surface area contributed by atoms with Crippen LogP contribution in [0.25, 0.3) is 0 Å². The van der Waals surface area contributed by atoms with Crippen molar-refractivity contribution in [2.45, 2.75) is 20.8 Å². The Hall–Kier alpha value is -4.28. The summed E-state index contributed by atoms with van der Waals surface area (Å²) in [5.74, 6) is -0.263. The van der Waals surface area contributed by atoms with E-state index < -0.39 is 27.1 Å². The standard InChI is InChI=1S/C20H19N5O6/c1-11-5-12(2)7-16(6-11)31-17-9-14(8-15(10-17)24(27)28)21-20(26)18-19(25(29)30)13(3)23(4)22-18/h5-10H,1-4H3,(H,21,26). The van der Waals surface area contributed by atoms with Gasteiger partial charge >= 0.3 is 5.69 Å². The highest BCUT2D eigenvalue weighted by molar-refractivity contribution is 6.06. The minimum Gasteiger partial charge on any atom is -0.457 e. The summed E-state index contributed by atoms with van der Waals surface area (Å²) in [5.41, 5.74) is 0.997. The van der Waals surface area contributed by atoms with Gasteiger partial charge in [-0.15, -0.1) is 0 Å². The average molecular weight is 425 g/mol. The number of nitrogens with zero attached hydrogens (tertiary/aromatic N) is 4. The second kappa shape index (κ2) is 8.22. The van der Waals surface area contributed by atoms with Crippen molar-refractivity contribution < 1.29 is 19.4 Å². The molecular formula is C20H19N5O6. The molecule has 0 spiro atoms. The summed E-state index contributed by atoms with van der Waals surface area (Å²) < 4.78 is 6.98. The van der Waals surface area contributed by atoms with Crippen LogP contribution in [0.2, 0.25) is 0 Å². The van der Waals surface area contributed by atoms with Crippen molar-refractivity contribution in [1.82, 2.24) is 9.78 Å². The number of amides is 1. The smallest absolute Gasteiger partial charge is 0.322 e. The van der Waals surface area contributed by atoms with Gasteiger partial charge in [-0.2, -0.15) is 5.10 Å². The van der Waals surface area contributed by atoms with Crippen LogP contribution in [0.5, 0.6) is 11.5 Å². The van der Waals surface area contributed by atoms with Gasteiger partial charge in [-0.25, -0.2) is 0 Å². The zero-order chi connectivity index (χ0) is 22.9. The Labute approximate surface area is 176 Å². The molecule has 3 aromatic rings. The minimum absolute atomic E-state index is 0.0381. The molecule has 0 saturated carbocycles. The molecule has 1 amide bonds. The Morgan fingerprint density at radius 3 is 2.16 bits per heavy atom. The topological polar surface area (TPSA) is 142 Å². The van der Waals surface area contributed by atoms with Gasteiger partial charge in [-0.1, -0.05) is 6.07 Å². The molecule has 11 nitrogen and oxygen atoms in total. The van der Waals surface area contributed by atoms with Crippen molar-refractivity contribution in [2.75, 3.05) is 5.32 Å². The lowest BCUT2D eigenvalue weighted by molar-refractivity contribution is -0.385. The van der Waals surface area contributed by atoms with Crippen molar-refractivity contribution in [3.63, 3.8) is 0 Å². The van der Waals surface area contributed by atoms with Crippen LogP contribution in [0.15, 0.2) is 36.4 Å². The molecule has 0 fully saturated rings. The van der Waals surface area contributed by atoms with E-state index in [1.807, 2.05) is 19.9 Å². The number of aryl methyl sites for hydroxylation is 3. The monoisotopic (exact) mass is 425 g/mol. The van der Waals surface area contributed by atoms with Crippen LogP contribution in [0.1, 0.15) is 27.3 Å². The number of non-ortho nitro benzene ring substituents is 1. The molecule has 11 heteroatoms. The van der Waals surface area contributed by atoms with Crippen molar-refractivity contribution in [3.05, 3.63) is 79.1 Å². The normalized spacial score (nSPS) is 10.6. The first-order valence-corrected chi connectivity index (χ1v) is 9.10. The van der Waals surface area contributed by atoms with Gasteiger partial charge in [-0.3, -0.25) is 29.7 Å². The zero-order valence-electron chi connectivity index (χ0n) is 17.2. The first-order valence-electron chi connectivity index (χ1n) is 9.10. The number of aromatic nitrogens is 2. The van der Waals surface area contributed by atoms with E-state index in [4.69, 9.17) is 4.74 Å². The SMILES string of the molecule is Cc1cc(C)cc(Oc2cc(NC(=O)c3nn(C)c(C)c3[N+](=O)[O-])cc([N+](=O)[O-])c2)c1. The molecule has 160 valence electrons. The highest BCUT2D eigenvalue weighted by Crippen LogP contribution is 2.31. The van der Waals surface area contributed by atoms with Crippen LogP contribution < -0.4 is 10.1 Å². The van der Waals surface area contributed by atoms with E-state index in [0.29, 0.717) is 5.75 Å². The van der Waals surface area contributed by atoms with Crippen molar-refractivity contribution in [2.24, 2.45) is 7.05 Å². The molecule has 1 aromatic heterocycles. The van der Waals surface area contributed by atoms with Crippen LogP contribution in [-0.2, 0) is 7.05 Å². The highest BCUT2D eigenvalue weighted by Gasteiger charge is 2.29. The Bertz CT molecular complexity index is 1200. The van der Waals surface area contributed by atoms with Crippen molar-refractivity contribution in [1.29, 1.82) is 0 Å². The Morgan fingerprint density at radius 2 is 1.58 bits per heavy atom. The number of nitro benzene ring substituents is 1. The van der Waals surface area contributed by atoms with Gasteiger partial charge in [0.2, 0.25) is 5.69 Å². The number of nitrogens with one attached hydrogen (secondary N) is 1. The molecule has 0 aliphatic rings. The number of carbonyl (C=O) groups excluding carboxylic acids is 1. The molecule has 0 atom stereocenters. The third kappa shape index (κ3) is 4.66. The molecule has 0 unspecified atom stereocenters. The lowest BCUT2D eigenvalue weighted by Crippen LogP contribution is -2.14. The number of hydrogen-bond acceptors (Lipinski definition) is 7. The second-order valence-corrected chi connectivity index (χ2v) is 7.02. The second-order valence-electron chi connectivity index (χ2n) is 7.02. The molecule has 0 aliphatic heterocycles. The largest absolute Gasteiger partial charge is 0.457 e. The number of anilines is 1. The quantitative estimate of drug-likeness (QED) is 0.460. The maximum atomic E-state index is 12.6. The van der Waals surface area contributed by atoms with Gasteiger partial charge < -0.3 is 10.1 Å². The number of ether oxygens (including phenoxy) is 1. The predicted octanol–water partition coefficient (Wildman–Crippen LogP) is 4.21. The van der Waals surface area contributed by atoms with Gasteiger partial charge in [-0.05, 0) is 44.0 Å². The number of hydrogen-bond donors (Lipinski definition) is 1. The van der Waals surface area contributed by atoms with Crippen LogP contribution >= 0.6 is 0 Å². The third-order valence-electron chi connectivity index (χ3n) is 4.49. The van der Waals surface area contributed by atoms with E-state index in [2.05, 4.69) is 10.4 Å². The number of benzene rings is 2. The van der Waals surface area contributed by atoms with E-state index in [1.54, 1.807) is 12.1 Å². The Kier molecular flexibility index (Phi) is 5.68. The van der Waals surface area contributed by atoms with Crippen LogP contribution in [0.4, 0.5) is 17.1 Å². The van der Waals surface area contributed by atoms with Crippen LogP contribution in [-0.4, -0.2) is 25.5 Å². The summed E-state index contributed by atoms with van der Waals surface area (Å²) in [6.45, 7) is 5.24. The third-order valence-corrected chi connectivity index (χ3v) is 4.49. The fourth-order valence-electron chi connectivity index (χ4n) is 3.11. The molecule has 31 heavy (non-hydrogen) atoms. The van der Waals surface area contributed by atoms with E-state index in [0.717, 1.165) is 17.2 Å². The van der Waals surface area contributed by atoms with Crippen molar-refractivity contribution in [3.8, 4) is 11.5 Å². The Morgan fingerprint density at radius 1 is 0.968 bits per heavy atom. The average Bonchev–Trinajstić information content (AvgIpc) is 2.95. The summed E-state index contributed by atoms with van der Waals surface area (Å²) in [5, 5.41) is 29.0. The Balaban J connectivity index is 1.96. The van der Waals surface area contributed by atoms with E-state index in [-0.39, 0.29) is 22.8 Å². The number of nitro groups is 2. The molecular weight excluding hydrogens is 406 g/mol. The first kappa shape index (κ1) is 21.4. The molecule has 0 aliphatic carbocycles. The molecule has 1 N–H and O–H groups in total. The van der Waals surface area contributed by atoms with Gasteiger partial charge in [0, 0.05) is 19.2 Å². The number of rotatable bonds is 6. The lowest BCUT2D eigenvalue weighted by Gasteiger charge is -2.10. The van der Waals surface area contributed by atoms with Gasteiger partial charge in [0.1, 0.15) is 17.2 Å². The fourth-order valence-corrected chi connectivity index (χ4v) is 3.11. The molecule has 0 radical (unpaired) electrons. The van der Waals surface area contributed by atoms with E-state index in [1.165, 1.54) is 30.8 Å². The fraction of sp³-hybridized carbons (Fsp3) is 0.200.